The van der Waals surface area contributed by atoms with Gasteiger partial charge in [-0.05, 0) is 18.6 Å². The Labute approximate surface area is 92.3 Å². The largest absolute Gasteiger partial charge is 0.392 e. The van der Waals surface area contributed by atoms with E-state index in [9.17, 15) is 4.79 Å². The van der Waals surface area contributed by atoms with Crippen LogP contribution >= 0.6 is 23.6 Å². The predicted molar refractivity (Wildman–Crippen MR) is 62.8 cm³/mol. The molecule has 14 heavy (non-hydrogen) atoms. The Kier molecular flexibility index (Phi) is 4.03. The van der Waals surface area contributed by atoms with Crippen LogP contribution in [0.3, 0.4) is 0 Å². The minimum Gasteiger partial charge on any atom is -0.392 e. The van der Waals surface area contributed by atoms with Gasteiger partial charge in [-0.2, -0.15) is 0 Å². The molecule has 0 saturated heterocycles. The number of rotatable bonds is 4. The first-order valence-corrected chi connectivity index (χ1v) is 5.51. The molecule has 0 aromatic carbocycles. The molecule has 0 aliphatic carbocycles. The molecule has 0 aliphatic rings. The molecule has 0 aliphatic heterocycles. The lowest BCUT2D eigenvalue weighted by molar-refractivity contribution is 0.0963. The highest BCUT2D eigenvalue weighted by atomic mass is 32.1. The summed E-state index contributed by atoms with van der Waals surface area (Å²) in [4.78, 5) is 13.7. The summed E-state index contributed by atoms with van der Waals surface area (Å²) in [6.45, 7) is 2.32. The van der Waals surface area contributed by atoms with E-state index in [1.54, 1.807) is 0 Å². The summed E-state index contributed by atoms with van der Waals surface area (Å²) in [5.74, 6) is -0.109. The zero-order valence-corrected chi connectivity index (χ0v) is 9.50. The van der Waals surface area contributed by atoms with E-state index in [0.717, 1.165) is 6.42 Å². The van der Waals surface area contributed by atoms with Crippen molar-refractivity contribution in [3.63, 3.8) is 0 Å². The molecule has 5 heteroatoms. The highest BCUT2D eigenvalue weighted by molar-refractivity contribution is 7.80. The van der Waals surface area contributed by atoms with Crippen LogP contribution in [-0.4, -0.2) is 17.4 Å². The molecule has 76 valence electrons. The molecule has 0 atom stereocenters. The van der Waals surface area contributed by atoms with Gasteiger partial charge < -0.3 is 11.1 Å². The molecule has 0 spiro atoms. The van der Waals surface area contributed by atoms with E-state index < -0.39 is 0 Å². The van der Waals surface area contributed by atoms with Gasteiger partial charge in [0.1, 0.15) is 0 Å². The molecule has 1 amide bonds. The third kappa shape index (κ3) is 3.08. The van der Waals surface area contributed by atoms with Crippen molar-refractivity contribution in [3.8, 4) is 0 Å². The summed E-state index contributed by atoms with van der Waals surface area (Å²) in [7, 11) is 0. The van der Waals surface area contributed by atoms with Crippen molar-refractivity contribution in [1.29, 1.82) is 0 Å². The Morgan fingerprint density at radius 3 is 2.86 bits per heavy atom. The molecule has 0 radical (unpaired) electrons. The topological polar surface area (TPSA) is 55.1 Å². The van der Waals surface area contributed by atoms with E-state index in [-0.39, 0.29) is 12.5 Å². The zero-order chi connectivity index (χ0) is 10.6. The number of amides is 1. The SMILES string of the molecule is CCc1ccc(C(=O)NCC(N)=S)s1. The van der Waals surface area contributed by atoms with Gasteiger partial charge in [0.05, 0.1) is 16.4 Å². The second kappa shape index (κ2) is 5.07. The van der Waals surface area contributed by atoms with E-state index >= 15 is 0 Å². The Bertz CT molecular complexity index is 346. The number of hydrogen-bond donors (Lipinski definition) is 2. The molecule has 0 unspecified atom stereocenters. The monoisotopic (exact) mass is 228 g/mol. The van der Waals surface area contributed by atoms with Gasteiger partial charge in [0, 0.05) is 4.88 Å². The number of nitrogens with two attached hydrogens (primary N) is 1. The van der Waals surface area contributed by atoms with Crippen LogP contribution in [0.25, 0.3) is 0 Å². The summed E-state index contributed by atoms with van der Waals surface area (Å²) in [6.07, 6.45) is 0.952. The number of hydrogen-bond acceptors (Lipinski definition) is 3. The molecule has 1 heterocycles. The van der Waals surface area contributed by atoms with Crippen LogP contribution in [0.4, 0.5) is 0 Å². The molecule has 0 saturated carbocycles. The van der Waals surface area contributed by atoms with Crippen LogP contribution < -0.4 is 11.1 Å². The molecule has 0 fully saturated rings. The van der Waals surface area contributed by atoms with Crippen LogP contribution in [0, 0.1) is 0 Å². The molecular weight excluding hydrogens is 216 g/mol. The van der Waals surface area contributed by atoms with Gasteiger partial charge >= 0.3 is 0 Å². The van der Waals surface area contributed by atoms with Crippen molar-refractivity contribution >= 4 is 34.5 Å². The van der Waals surface area contributed by atoms with Crippen molar-refractivity contribution in [1.82, 2.24) is 5.32 Å². The van der Waals surface area contributed by atoms with Gasteiger partial charge in [-0.15, -0.1) is 11.3 Å². The van der Waals surface area contributed by atoms with Gasteiger partial charge in [-0.3, -0.25) is 4.79 Å². The maximum Gasteiger partial charge on any atom is 0.261 e. The normalized spacial score (nSPS) is 9.79. The minimum absolute atomic E-state index is 0.109. The van der Waals surface area contributed by atoms with Crippen LogP contribution in [0.15, 0.2) is 12.1 Å². The summed E-state index contributed by atoms with van der Waals surface area (Å²) in [6, 6.07) is 3.78. The summed E-state index contributed by atoms with van der Waals surface area (Å²) in [5.41, 5.74) is 5.27. The van der Waals surface area contributed by atoms with E-state index in [4.69, 9.17) is 5.73 Å². The Morgan fingerprint density at radius 1 is 1.64 bits per heavy atom. The molecule has 3 N–H and O–H groups in total. The first-order valence-electron chi connectivity index (χ1n) is 4.28. The molecule has 0 bridgehead atoms. The lowest BCUT2D eigenvalue weighted by atomic mass is 10.3. The Morgan fingerprint density at radius 2 is 2.36 bits per heavy atom. The maximum absolute atomic E-state index is 11.5. The van der Waals surface area contributed by atoms with Gasteiger partial charge in [0.25, 0.3) is 5.91 Å². The lowest BCUT2D eigenvalue weighted by Crippen LogP contribution is -2.31. The Hall–Kier alpha value is -0.940. The van der Waals surface area contributed by atoms with Crippen molar-refractivity contribution in [2.75, 3.05) is 6.54 Å². The predicted octanol–water partition coefficient (Wildman–Crippen LogP) is 1.33. The fraction of sp³-hybridized carbons (Fsp3) is 0.333. The standard InChI is InChI=1S/C9H12N2OS2/c1-2-6-3-4-7(14-6)9(12)11-5-8(10)13/h3-4H,2,5H2,1H3,(H2,10,13)(H,11,12). The third-order valence-corrected chi connectivity index (χ3v) is 3.03. The molecule has 1 aromatic rings. The zero-order valence-electron chi connectivity index (χ0n) is 7.87. The smallest absolute Gasteiger partial charge is 0.261 e. The fourth-order valence-corrected chi connectivity index (χ4v) is 1.88. The first-order chi connectivity index (χ1) is 6.63. The van der Waals surface area contributed by atoms with Crippen molar-refractivity contribution in [2.24, 2.45) is 5.73 Å². The van der Waals surface area contributed by atoms with Gasteiger partial charge in [0.2, 0.25) is 0 Å². The number of nitrogens with one attached hydrogen (secondary N) is 1. The summed E-state index contributed by atoms with van der Waals surface area (Å²) >= 11 is 6.15. The molecular formula is C9H12N2OS2. The van der Waals surface area contributed by atoms with Gasteiger partial charge in [0.15, 0.2) is 0 Å². The van der Waals surface area contributed by atoms with Crippen LogP contribution in [0.2, 0.25) is 0 Å². The number of thiocarbonyl (C=S) groups is 1. The minimum atomic E-state index is -0.109. The quantitative estimate of drug-likeness (QED) is 0.764. The second-order valence-corrected chi connectivity index (χ2v) is 4.46. The van der Waals surface area contributed by atoms with Crippen molar-refractivity contribution in [3.05, 3.63) is 21.9 Å². The van der Waals surface area contributed by atoms with Crippen LogP contribution in [0.5, 0.6) is 0 Å². The molecule has 3 nitrogen and oxygen atoms in total. The third-order valence-electron chi connectivity index (χ3n) is 1.66. The van der Waals surface area contributed by atoms with Crippen molar-refractivity contribution < 1.29 is 4.79 Å². The van der Waals surface area contributed by atoms with Gasteiger partial charge in [-0.25, -0.2) is 0 Å². The van der Waals surface area contributed by atoms with E-state index in [1.165, 1.54) is 16.2 Å². The van der Waals surface area contributed by atoms with E-state index in [2.05, 4.69) is 24.5 Å². The molecule has 1 rings (SSSR count). The Balaban J connectivity index is 2.56. The fourth-order valence-electron chi connectivity index (χ4n) is 0.944. The highest BCUT2D eigenvalue weighted by Gasteiger charge is 2.07. The number of thiophene rings is 1. The maximum atomic E-state index is 11.5. The van der Waals surface area contributed by atoms with Gasteiger partial charge in [-0.1, -0.05) is 19.1 Å². The number of aryl methyl sites for hydroxylation is 1. The van der Waals surface area contributed by atoms with Crippen LogP contribution in [0.1, 0.15) is 21.5 Å². The van der Waals surface area contributed by atoms with Crippen molar-refractivity contribution in [2.45, 2.75) is 13.3 Å². The second-order valence-electron chi connectivity index (χ2n) is 2.77. The van der Waals surface area contributed by atoms with E-state index in [0.29, 0.717) is 9.87 Å². The lowest BCUT2D eigenvalue weighted by Gasteiger charge is -2.00. The molecule has 1 aromatic heterocycles. The average molecular weight is 228 g/mol. The van der Waals surface area contributed by atoms with E-state index in [1.807, 2.05) is 12.1 Å². The van der Waals surface area contributed by atoms with Crippen LogP contribution in [-0.2, 0) is 6.42 Å². The summed E-state index contributed by atoms with van der Waals surface area (Å²) < 4.78 is 0. The number of carbonyl (C=O) groups is 1. The first kappa shape index (κ1) is 11.1. The average Bonchev–Trinajstić information content (AvgIpc) is 2.62. The highest BCUT2D eigenvalue weighted by Crippen LogP contribution is 2.16. The summed E-state index contributed by atoms with van der Waals surface area (Å²) in [5, 5.41) is 2.64. The number of carbonyl (C=O) groups excluding carboxylic acids is 1.